The average Bonchev–Trinajstić information content (AvgIpc) is 2.79. The molecule has 0 unspecified atom stereocenters. The van der Waals surface area contributed by atoms with Gasteiger partial charge in [-0.1, -0.05) is 35.5 Å². The molecule has 162 valence electrons. The number of Topliss-reactive ketones (excluding diaryl/α,β-unsaturated/α-hetero) is 1. The summed E-state index contributed by atoms with van der Waals surface area (Å²) in [5, 5.41) is 17.1. The zero-order valence-electron chi connectivity index (χ0n) is 17.0. The molecular formula is C24H19ClFN3O2S. The number of dihydropyridines is 1. The predicted molar refractivity (Wildman–Crippen MR) is 123 cm³/mol. The molecule has 2 aromatic rings. The Labute approximate surface area is 194 Å². The van der Waals surface area contributed by atoms with Gasteiger partial charge in [-0.05, 0) is 54.8 Å². The molecule has 4 rings (SSSR count). The van der Waals surface area contributed by atoms with E-state index in [2.05, 4.69) is 16.7 Å². The van der Waals surface area contributed by atoms with Crippen LogP contribution in [0.3, 0.4) is 0 Å². The van der Waals surface area contributed by atoms with Gasteiger partial charge in [-0.2, -0.15) is 5.26 Å². The predicted octanol–water partition coefficient (Wildman–Crippen LogP) is 5.28. The number of carbonyl (C=O) groups is 2. The summed E-state index contributed by atoms with van der Waals surface area (Å²) < 4.78 is 13.1. The van der Waals surface area contributed by atoms with Crippen molar-refractivity contribution in [2.24, 2.45) is 0 Å². The molecule has 0 saturated carbocycles. The highest BCUT2D eigenvalue weighted by Crippen LogP contribution is 2.44. The number of nitrogens with one attached hydrogen (secondary N) is 2. The van der Waals surface area contributed by atoms with Gasteiger partial charge in [0.15, 0.2) is 5.78 Å². The molecule has 1 amide bonds. The highest BCUT2D eigenvalue weighted by Gasteiger charge is 2.37. The Morgan fingerprint density at radius 1 is 1.19 bits per heavy atom. The molecule has 0 spiro atoms. The van der Waals surface area contributed by atoms with Gasteiger partial charge >= 0.3 is 0 Å². The molecule has 1 aliphatic carbocycles. The first-order chi connectivity index (χ1) is 15.5. The van der Waals surface area contributed by atoms with Crippen LogP contribution in [0.4, 0.5) is 10.1 Å². The van der Waals surface area contributed by atoms with Crippen LogP contribution in [0.5, 0.6) is 0 Å². The summed E-state index contributed by atoms with van der Waals surface area (Å²) in [4.78, 5) is 25.2. The summed E-state index contributed by atoms with van der Waals surface area (Å²) >= 11 is 7.25. The second kappa shape index (κ2) is 9.60. The van der Waals surface area contributed by atoms with E-state index in [0.717, 1.165) is 17.7 Å². The fraction of sp³-hybridized carbons (Fsp3) is 0.208. The minimum Gasteiger partial charge on any atom is -0.352 e. The van der Waals surface area contributed by atoms with Crippen molar-refractivity contribution in [2.75, 3.05) is 11.1 Å². The number of amides is 1. The van der Waals surface area contributed by atoms with Crippen LogP contribution in [0.25, 0.3) is 0 Å². The molecule has 2 N–H and O–H groups in total. The van der Waals surface area contributed by atoms with Gasteiger partial charge < -0.3 is 10.6 Å². The lowest BCUT2D eigenvalue weighted by Gasteiger charge is -2.33. The minimum atomic E-state index is -0.496. The third-order valence-corrected chi connectivity index (χ3v) is 6.61. The molecule has 2 aromatic carbocycles. The van der Waals surface area contributed by atoms with E-state index in [-0.39, 0.29) is 23.3 Å². The number of hydrogen-bond acceptors (Lipinski definition) is 5. The number of thioether (sulfide) groups is 1. The number of carbonyl (C=O) groups excluding carboxylic acids is 2. The van der Waals surface area contributed by atoms with Gasteiger partial charge in [-0.25, -0.2) is 4.39 Å². The van der Waals surface area contributed by atoms with E-state index < -0.39 is 5.92 Å². The summed E-state index contributed by atoms with van der Waals surface area (Å²) in [5.74, 6) is -1.08. The van der Waals surface area contributed by atoms with Gasteiger partial charge in [-0.3, -0.25) is 9.59 Å². The molecule has 2 aliphatic rings. The number of nitrogens with zero attached hydrogens (tertiary/aromatic N) is 1. The van der Waals surface area contributed by atoms with Crippen molar-refractivity contribution in [3.05, 3.63) is 86.8 Å². The number of halogens is 2. The number of hydrogen-bond donors (Lipinski definition) is 2. The Morgan fingerprint density at radius 2 is 1.91 bits per heavy atom. The van der Waals surface area contributed by atoms with Crippen molar-refractivity contribution in [1.29, 1.82) is 5.26 Å². The van der Waals surface area contributed by atoms with Crippen molar-refractivity contribution < 1.29 is 14.0 Å². The number of allylic oxidation sites excluding steroid dienone is 3. The maximum atomic E-state index is 13.1. The number of ketones is 1. The Hall–Kier alpha value is -3.08. The standard InChI is InChI=1S/C24H19ClFN3O2S/c25-15-6-4-14(5-7-15)22-18(12-27)24(29-19-2-1-3-20(30)23(19)22)32-13-21(31)28-17-10-8-16(26)9-11-17/h4-11,22,29H,1-3,13H2,(H,28,31)/t22-/m0/s1. The summed E-state index contributed by atoms with van der Waals surface area (Å²) in [7, 11) is 0. The SMILES string of the molecule is N#CC1=C(SCC(=O)Nc2ccc(F)cc2)NC2=C(C(=O)CCC2)[C@H]1c1ccc(Cl)cc1. The second-order valence-corrected chi connectivity index (χ2v) is 8.90. The van der Waals surface area contributed by atoms with E-state index >= 15 is 0 Å². The van der Waals surface area contributed by atoms with Crippen LogP contribution >= 0.6 is 23.4 Å². The summed E-state index contributed by atoms with van der Waals surface area (Å²) in [6.45, 7) is 0. The van der Waals surface area contributed by atoms with E-state index in [9.17, 15) is 19.2 Å². The van der Waals surface area contributed by atoms with Crippen molar-refractivity contribution in [1.82, 2.24) is 5.32 Å². The van der Waals surface area contributed by atoms with Gasteiger partial charge in [0.2, 0.25) is 5.91 Å². The fourth-order valence-corrected chi connectivity index (χ4v) is 4.88. The number of nitriles is 1. The highest BCUT2D eigenvalue weighted by atomic mass is 35.5. The third kappa shape index (κ3) is 4.72. The van der Waals surface area contributed by atoms with E-state index in [1.54, 1.807) is 12.1 Å². The molecule has 1 atom stereocenters. The molecule has 5 nitrogen and oxygen atoms in total. The monoisotopic (exact) mass is 467 g/mol. The van der Waals surface area contributed by atoms with Crippen molar-refractivity contribution in [3.63, 3.8) is 0 Å². The Balaban J connectivity index is 1.60. The molecular weight excluding hydrogens is 449 g/mol. The van der Waals surface area contributed by atoms with Crippen LogP contribution in [0.15, 0.2) is 70.4 Å². The summed E-state index contributed by atoms with van der Waals surface area (Å²) in [6.07, 6.45) is 1.89. The van der Waals surface area contributed by atoms with Crippen LogP contribution in [-0.4, -0.2) is 17.4 Å². The first kappa shape index (κ1) is 22.1. The summed E-state index contributed by atoms with van der Waals surface area (Å²) in [5.41, 5.74) is 3.13. The molecule has 8 heteroatoms. The van der Waals surface area contributed by atoms with Crippen LogP contribution < -0.4 is 10.6 Å². The molecule has 0 bridgehead atoms. The van der Waals surface area contributed by atoms with Crippen molar-refractivity contribution >= 4 is 40.7 Å². The van der Waals surface area contributed by atoms with Gasteiger partial charge in [0.05, 0.1) is 28.3 Å². The molecule has 32 heavy (non-hydrogen) atoms. The van der Waals surface area contributed by atoms with Gasteiger partial charge in [0, 0.05) is 28.4 Å². The van der Waals surface area contributed by atoms with Gasteiger partial charge in [-0.15, -0.1) is 0 Å². The van der Waals surface area contributed by atoms with E-state index in [0.29, 0.717) is 39.7 Å². The molecule has 0 radical (unpaired) electrons. The average molecular weight is 468 g/mol. The lowest BCUT2D eigenvalue weighted by Crippen LogP contribution is -2.31. The van der Waals surface area contributed by atoms with Gasteiger partial charge in [0.25, 0.3) is 0 Å². The third-order valence-electron chi connectivity index (χ3n) is 5.34. The van der Waals surface area contributed by atoms with Crippen molar-refractivity contribution in [3.8, 4) is 6.07 Å². The Kier molecular flexibility index (Phi) is 6.63. The maximum absolute atomic E-state index is 13.1. The van der Waals surface area contributed by atoms with E-state index in [1.165, 1.54) is 36.0 Å². The Bertz CT molecular complexity index is 1170. The van der Waals surface area contributed by atoms with Crippen LogP contribution in [-0.2, 0) is 9.59 Å². The van der Waals surface area contributed by atoms with Crippen LogP contribution in [0, 0.1) is 17.1 Å². The number of anilines is 1. The second-order valence-electron chi connectivity index (χ2n) is 7.48. The molecule has 1 aliphatic heterocycles. The van der Waals surface area contributed by atoms with Gasteiger partial charge in [0.1, 0.15) is 5.82 Å². The molecule has 0 fully saturated rings. The lowest BCUT2D eigenvalue weighted by atomic mass is 9.77. The zero-order valence-corrected chi connectivity index (χ0v) is 18.5. The largest absolute Gasteiger partial charge is 0.352 e. The number of rotatable bonds is 5. The van der Waals surface area contributed by atoms with Crippen molar-refractivity contribution in [2.45, 2.75) is 25.2 Å². The zero-order chi connectivity index (χ0) is 22.7. The number of benzene rings is 2. The summed E-state index contributed by atoms with van der Waals surface area (Å²) in [6, 6.07) is 14.9. The topological polar surface area (TPSA) is 82.0 Å². The fourth-order valence-electron chi connectivity index (χ4n) is 3.89. The smallest absolute Gasteiger partial charge is 0.234 e. The first-order valence-corrected chi connectivity index (χ1v) is 11.4. The molecule has 0 aromatic heterocycles. The normalized spacial score (nSPS) is 18.0. The molecule has 1 heterocycles. The van der Waals surface area contributed by atoms with E-state index in [1.807, 2.05) is 12.1 Å². The lowest BCUT2D eigenvalue weighted by molar-refractivity contribution is -0.116. The minimum absolute atomic E-state index is 0.0320. The Morgan fingerprint density at radius 3 is 2.59 bits per heavy atom. The maximum Gasteiger partial charge on any atom is 0.234 e. The van der Waals surface area contributed by atoms with Crippen LogP contribution in [0.1, 0.15) is 30.7 Å². The van der Waals surface area contributed by atoms with Crippen LogP contribution in [0.2, 0.25) is 5.02 Å². The molecule has 0 saturated heterocycles. The highest BCUT2D eigenvalue weighted by molar-refractivity contribution is 8.03. The van der Waals surface area contributed by atoms with E-state index in [4.69, 9.17) is 11.6 Å². The first-order valence-electron chi connectivity index (χ1n) is 10.1. The quantitative estimate of drug-likeness (QED) is 0.625.